The highest BCUT2D eigenvalue weighted by atomic mass is 16.6. The summed E-state index contributed by atoms with van der Waals surface area (Å²) in [5.74, 6) is 2.84. The molecule has 110 valence electrons. The van der Waals surface area contributed by atoms with Crippen LogP contribution in [0.1, 0.15) is 0 Å². The Morgan fingerprint density at radius 1 is 0.955 bits per heavy atom. The number of fused-ring (bicyclic) bond motifs is 2. The fourth-order valence-corrected chi connectivity index (χ4v) is 2.58. The van der Waals surface area contributed by atoms with Crippen LogP contribution in [0.25, 0.3) is 22.1 Å². The summed E-state index contributed by atoms with van der Waals surface area (Å²) in [6, 6.07) is 10.6. The normalized spacial score (nSPS) is 11.7. The number of methoxy groups -OCH3 is 2. The summed E-state index contributed by atoms with van der Waals surface area (Å²) >= 11 is 0. The average Bonchev–Trinajstić information content (AvgIpc) is 3.31. The maximum atomic E-state index is 11.9. The summed E-state index contributed by atoms with van der Waals surface area (Å²) in [6.45, 7) is 0. The molecule has 22 heavy (non-hydrogen) atoms. The van der Waals surface area contributed by atoms with Crippen LogP contribution >= 0.6 is 0 Å². The van der Waals surface area contributed by atoms with Crippen molar-refractivity contribution in [2.45, 2.75) is 0 Å². The van der Waals surface area contributed by atoms with E-state index in [4.69, 9.17) is 18.6 Å². The predicted octanol–water partition coefficient (Wildman–Crippen LogP) is 3.58. The van der Waals surface area contributed by atoms with E-state index in [0.29, 0.717) is 17.1 Å². The Morgan fingerprint density at radius 2 is 1.82 bits per heavy atom. The van der Waals surface area contributed by atoms with Crippen LogP contribution in [0.5, 0.6) is 23.0 Å². The van der Waals surface area contributed by atoms with E-state index in [1.807, 2.05) is 18.2 Å². The molecule has 0 saturated heterocycles. The van der Waals surface area contributed by atoms with Crippen LogP contribution in [0.2, 0.25) is 0 Å². The molecule has 2 aromatic carbocycles. The molecule has 2 heterocycles. The van der Waals surface area contributed by atoms with Crippen molar-refractivity contribution in [3.63, 3.8) is 0 Å². The Labute approximate surface area is 125 Å². The largest absolute Gasteiger partial charge is 0.496 e. The minimum absolute atomic E-state index is 0.421. The SMILES string of the molecule is COc1cc(OC)c2c(-c3ccc4c(c3)O4)cc(=O)oc2c1. The summed E-state index contributed by atoms with van der Waals surface area (Å²) in [5.41, 5.74) is 1.61. The first-order valence-corrected chi connectivity index (χ1v) is 6.72. The third kappa shape index (κ3) is 1.90. The summed E-state index contributed by atoms with van der Waals surface area (Å²) in [5, 5.41) is 0.725. The summed E-state index contributed by atoms with van der Waals surface area (Å²) in [6.07, 6.45) is 0. The zero-order chi connectivity index (χ0) is 15.3. The van der Waals surface area contributed by atoms with Gasteiger partial charge in [0.1, 0.15) is 17.1 Å². The number of rotatable bonds is 3. The van der Waals surface area contributed by atoms with Gasteiger partial charge in [0.25, 0.3) is 0 Å². The quantitative estimate of drug-likeness (QED) is 0.427. The molecule has 1 aliphatic heterocycles. The summed E-state index contributed by atoms with van der Waals surface area (Å²) in [7, 11) is 3.12. The van der Waals surface area contributed by atoms with Crippen molar-refractivity contribution in [2.75, 3.05) is 14.2 Å². The van der Waals surface area contributed by atoms with Gasteiger partial charge in [0, 0.05) is 23.8 Å². The molecule has 0 amide bonds. The van der Waals surface area contributed by atoms with Gasteiger partial charge in [-0.15, -0.1) is 0 Å². The molecule has 3 aromatic rings. The zero-order valence-electron chi connectivity index (χ0n) is 12.0. The van der Waals surface area contributed by atoms with Crippen LogP contribution in [0.15, 0.2) is 45.6 Å². The van der Waals surface area contributed by atoms with Gasteiger partial charge >= 0.3 is 5.63 Å². The molecular formula is C17H12O5. The Balaban J connectivity index is 2.07. The second-order valence-corrected chi connectivity index (χ2v) is 4.95. The van der Waals surface area contributed by atoms with Crippen molar-refractivity contribution in [3.8, 4) is 34.1 Å². The summed E-state index contributed by atoms with van der Waals surface area (Å²) in [4.78, 5) is 11.9. The molecular weight excluding hydrogens is 284 g/mol. The Morgan fingerprint density at radius 3 is 2.55 bits per heavy atom. The molecule has 0 N–H and O–H groups in total. The van der Waals surface area contributed by atoms with Crippen LogP contribution < -0.4 is 19.8 Å². The first-order chi connectivity index (χ1) is 10.7. The number of hydrogen-bond acceptors (Lipinski definition) is 5. The minimum atomic E-state index is -0.427. The van der Waals surface area contributed by atoms with E-state index in [2.05, 4.69) is 0 Å². The lowest BCUT2D eigenvalue weighted by molar-refractivity contribution is 0.396. The van der Waals surface area contributed by atoms with Crippen LogP contribution in [-0.2, 0) is 0 Å². The van der Waals surface area contributed by atoms with Gasteiger partial charge in [-0.1, -0.05) is 6.07 Å². The van der Waals surface area contributed by atoms with E-state index in [-0.39, 0.29) is 0 Å². The molecule has 4 rings (SSSR count). The average molecular weight is 296 g/mol. The zero-order valence-corrected chi connectivity index (χ0v) is 12.0. The highest BCUT2D eigenvalue weighted by molar-refractivity contribution is 5.99. The molecule has 1 aliphatic rings. The van der Waals surface area contributed by atoms with Crippen LogP contribution in [-0.4, -0.2) is 14.2 Å². The van der Waals surface area contributed by atoms with E-state index in [9.17, 15) is 4.79 Å². The second kappa shape index (κ2) is 4.53. The molecule has 0 bridgehead atoms. The number of benzene rings is 2. The lowest BCUT2D eigenvalue weighted by Crippen LogP contribution is -2.00. The fourth-order valence-electron chi connectivity index (χ4n) is 2.58. The van der Waals surface area contributed by atoms with Gasteiger partial charge in [0.05, 0.1) is 19.6 Å². The molecule has 5 nitrogen and oxygen atoms in total. The molecule has 0 aliphatic carbocycles. The van der Waals surface area contributed by atoms with Crippen LogP contribution in [0.4, 0.5) is 0 Å². The molecule has 0 fully saturated rings. The monoisotopic (exact) mass is 296 g/mol. The summed E-state index contributed by atoms with van der Waals surface area (Å²) < 4.78 is 21.2. The molecule has 0 atom stereocenters. The van der Waals surface area contributed by atoms with Crippen molar-refractivity contribution in [1.82, 2.24) is 0 Å². The van der Waals surface area contributed by atoms with Crippen molar-refractivity contribution in [1.29, 1.82) is 0 Å². The molecule has 1 aromatic heterocycles. The van der Waals surface area contributed by atoms with E-state index in [1.165, 1.54) is 6.07 Å². The molecule has 0 radical (unpaired) electrons. The molecule has 5 heteroatoms. The number of hydrogen-bond donors (Lipinski definition) is 0. The standard InChI is InChI=1S/C17H12O5/c1-19-10-6-14(20-2)17-11(8-16(18)22-15(17)7-10)9-3-4-12-13(5-9)21-12/h3-8H,1-2H3. The fraction of sp³-hybridized carbons (Fsp3) is 0.118. The Hall–Kier alpha value is -2.95. The van der Waals surface area contributed by atoms with Gasteiger partial charge in [-0.2, -0.15) is 0 Å². The van der Waals surface area contributed by atoms with E-state index in [0.717, 1.165) is 28.0 Å². The van der Waals surface area contributed by atoms with Gasteiger partial charge in [-0.3, -0.25) is 0 Å². The van der Waals surface area contributed by atoms with Crippen molar-refractivity contribution in [3.05, 3.63) is 46.8 Å². The first kappa shape index (κ1) is 12.8. The van der Waals surface area contributed by atoms with E-state index >= 15 is 0 Å². The first-order valence-electron chi connectivity index (χ1n) is 6.72. The maximum absolute atomic E-state index is 11.9. The van der Waals surface area contributed by atoms with E-state index < -0.39 is 5.63 Å². The van der Waals surface area contributed by atoms with Crippen molar-refractivity contribution >= 4 is 11.0 Å². The predicted molar refractivity (Wildman–Crippen MR) is 81.1 cm³/mol. The van der Waals surface area contributed by atoms with Gasteiger partial charge < -0.3 is 18.6 Å². The third-order valence-electron chi connectivity index (χ3n) is 3.67. The second-order valence-electron chi connectivity index (χ2n) is 4.95. The molecule has 0 saturated carbocycles. The van der Waals surface area contributed by atoms with Crippen molar-refractivity contribution < 1.29 is 18.6 Å². The number of ether oxygens (including phenoxy) is 3. The lowest BCUT2D eigenvalue weighted by Gasteiger charge is -2.11. The third-order valence-corrected chi connectivity index (χ3v) is 3.67. The van der Waals surface area contributed by atoms with Gasteiger partial charge in [0.2, 0.25) is 0 Å². The van der Waals surface area contributed by atoms with Crippen molar-refractivity contribution in [2.24, 2.45) is 0 Å². The van der Waals surface area contributed by atoms with Crippen LogP contribution in [0, 0.1) is 0 Å². The molecule has 0 spiro atoms. The lowest BCUT2D eigenvalue weighted by atomic mass is 10.0. The van der Waals surface area contributed by atoms with Gasteiger partial charge in [0.15, 0.2) is 11.5 Å². The van der Waals surface area contributed by atoms with Crippen LogP contribution in [0.3, 0.4) is 0 Å². The highest BCUT2D eigenvalue weighted by Crippen LogP contribution is 2.48. The maximum Gasteiger partial charge on any atom is 0.336 e. The molecule has 0 unspecified atom stereocenters. The topological polar surface area (TPSA) is 61.2 Å². The van der Waals surface area contributed by atoms with E-state index in [1.54, 1.807) is 26.4 Å². The minimum Gasteiger partial charge on any atom is -0.496 e. The Kier molecular flexibility index (Phi) is 2.63. The highest BCUT2D eigenvalue weighted by Gasteiger charge is 2.22. The smallest absolute Gasteiger partial charge is 0.336 e. The Bertz CT molecular complexity index is 955. The van der Waals surface area contributed by atoms with Gasteiger partial charge in [-0.05, 0) is 17.7 Å². The van der Waals surface area contributed by atoms with Gasteiger partial charge in [-0.25, -0.2) is 4.79 Å².